The summed E-state index contributed by atoms with van der Waals surface area (Å²) in [6, 6.07) is 32.2. The molecule has 0 nitrogen and oxygen atoms in total. The first-order valence-electron chi connectivity index (χ1n) is 7.31. The summed E-state index contributed by atoms with van der Waals surface area (Å²) in [6.07, 6.45) is 0. The van der Waals surface area contributed by atoms with Crippen LogP contribution in [-0.4, -0.2) is 0 Å². The Hall–Kier alpha value is -1.74. The maximum atomic E-state index is 2.39. The summed E-state index contributed by atoms with van der Waals surface area (Å²) in [4.78, 5) is 0. The van der Waals surface area contributed by atoms with Crippen LogP contribution in [0.4, 0.5) is 0 Å². The van der Waals surface area contributed by atoms with Crippen molar-refractivity contribution in [3.05, 3.63) is 103 Å². The molecule has 0 aromatic heterocycles. The van der Waals surface area contributed by atoms with Gasteiger partial charge in [0.15, 0.2) is 0 Å². The van der Waals surface area contributed by atoms with E-state index in [2.05, 4.69) is 103 Å². The van der Waals surface area contributed by atoms with Gasteiger partial charge in [0, 0.05) is 0 Å². The van der Waals surface area contributed by atoms with Crippen LogP contribution in [0.15, 0.2) is 103 Å². The molecule has 0 fully saturated rings. The summed E-state index contributed by atoms with van der Waals surface area (Å²) in [6.45, 7) is 0. The van der Waals surface area contributed by atoms with Crippen molar-refractivity contribution < 1.29 is 0 Å². The third-order valence-electron chi connectivity index (χ3n) is 3.32. The van der Waals surface area contributed by atoms with Gasteiger partial charge in [-0.1, -0.05) is 111 Å². The van der Waals surface area contributed by atoms with Gasteiger partial charge in [-0.15, -0.1) is 0 Å². The van der Waals surface area contributed by atoms with Gasteiger partial charge in [0.2, 0.25) is 0 Å². The summed E-state index contributed by atoms with van der Waals surface area (Å²) in [5, 5.41) is 4.19. The lowest BCUT2D eigenvalue weighted by atomic mass is 10.4. The second-order valence-electron chi connectivity index (χ2n) is 4.87. The molecule has 1 unspecified atom stereocenters. The quantitative estimate of drug-likeness (QED) is 0.603. The molecule has 0 aliphatic rings. The van der Waals surface area contributed by atoms with Gasteiger partial charge in [0.1, 0.15) is 0 Å². The maximum absolute atomic E-state index is 2.39. The Morgan fingerprint density at radius 3 is 1.55 bits per heavy atom. The predicted octanol–water partition coefficient (Wildman–Crippen LogP) is 4.59. The lowest BCUT2D eigenvalue weighted by Gasteiger charge is -2.14. The van der Waals surface area contributed by atoms with Crippen molar-refractivity contribution >= 4 is 32.4 Å². The molecule has 0 spiro atoms. The molecule has 1 atom stereocenters. The van der Waals surface area contributed by atoms with Crippen LogP contribution >= 0.6 is 16.5 Å². The molecule has 2 heteroatoms. The first-order valence-corrected chi connectivity index (χ1v) is 9.80. The van der Waals surface area contributed by atoms with E-state index in [4.69, 9.17) is 0 Å². The van der Waals surface area contributed by atoms with Gasteiger partial charge in [-0.25, -0.2) is 0 Å². The Labute approximate surface area is 135 Å². The van der Waals surface area contributed by atoms with Crippen molar-refractivity contribution in [3.8, 4) is 0 Å². The van der Waals surface area contributed by atoms with E-state index in [-0.39, 0.29) is 0 Å². The standard InChI is InChI=1S/C20H18P2/c1-4-10-18(11-5-1)21-16-17-22(19-12-6-2-7-13-19)20-14-8-3-9-15-20/h1-17,21H/b17-16-. The molecule has 0 amide bonds. The van der Waals surface area contributed by atoms with E-state index >= 15 is 0 Å². The van der Waals surface area contributed by atoms with Gasteiger partial charge >= 0.3 is 0 Å². The lowest BCUT2D eigenvalue weighted by molar-refractivity contribution is 1.75. The highest BCUT2D eigenvalue weighted by Gasteiger charge is 2.09. The molecule has 22 heavy (non-hydrogen) atoms. The fourth-order valence-corrected chi connectivity index (χ4v) is 5.34. The van der Waals surface area contributed by atoms with E-state index in [1.165, 1.54) is 15.9 Å². The fourth-order valence-electron chi connectivity index (χ4n) is 2.24. The van der Waals surface area contributed by atoms with E-state index < -0.39 is 7.92 Å². The molecule has 3 aromatic rings. The average molecular weight is 320 g/mol. The van der Waals surface area contributed by atoms with E-state index in [1.807, 2.05) is 0 Å². The molecule has 0 aliphatic heterocycles. The van der Waals surface area contributed by atoms with E-state index in [9.17, 15) is 0 Å². The Bertz CT molecular complexity index is 667. The highest BCUT2D eigenvalue weighted by Crippen LogP contribution is 2.36. The van der Waals surface area contributed by atoms with E-state index in [1.54, 1.807) is 0 Å². The Morgan fingerprint density at radius 1 is 0.591 bits per heavy atom. The zero-order valence-corrected chi connectivity index (χ0v) is 14.2. The molecule has 0 bridgehead atoms. The van der Waals surface area contributed by atoms with Gasteiger partial charge in [-0.2, -0.15) is 0 Å². The average Bonchev–Trinajstić information content (AvgIpc) is 2.61. The van der Waals surface area contributed by atoms with Gasteiger partial charge in [-0.3, -0.25) is 0 Å². The van der Waals surface area contributed by atoms with Gasteiger partial charge in [0.05, 0.1) is 0 Å². The third-order valence-corrected chi connectivity index (χ3v) is 6.75. The molecule has 3 rings (SSSR count). The zero-order valence-electron chi connectivity index (χ0n) is 12.3. The molecule has 0 heterocycles. The first kappa shape index (κ1) is 15.2. The summed E-state index contributed by atoms with van der Waals surface area (Å²) in [7, 11) is 0.302. The fraction of sp³-hybridized carbons (Fsp3) is 0. The van der Waals surface area contributed by atoms with Crippen LogP contribution in [0.1, 0.15) is 0 Å². The van der Waals surface area contributed by atoms with Crippen LogP contribution < -0.4 is 15.9 Å². The molecular weight excluding hydrogens is 302 g/mol. The smallest absolute Gasteiger partial charge is 0.0157 e. The minimum Gasteiger partial charge on any atom is -0.0669 e. The van der Waals surface area contributed by atoms with Crippen molar-refractivity contribution in [1.29, 1.82) is 0 Å². The minimum atomic E-state index is -0.421. The van der Waals surface area contributed by atoms with Crippen LogP contribution in [0.3, 0.4) is 0 Å². The monoisotopic (exact) mass is 320 g/mol. The predicted molar refractivity (Wildman–Crippen MR) is 103 cm³/mol. The Morgan fingerprint density at radius 2 is 1.05 bits per heavy atom. The van der Waals surface area contributed by atoms with Crippen LogP contribution in [0.2, 0.25) is 0 Å². The minimum absolute atomic E-state index is 0.421. The third kappa shape index (κ3) is 4.14. The second kappa shape index (κ2) is 8.04. The van der Waals surface area contributed by atoms with Crippen molar-refractivity contribution in [2.45, 2.75) is 0 Å². The molecular formula is C20H18P2. The molecule has 0 aliphatic carbocycles. The number of benzene rings is 3. The lowest BCUT2D eigenvalue weighted by Crippen LogP contribution is -2.09. The van der Waals surface area contributed by atoms with Crippen molar-refractivity contribution in [3.63, 3.8) is 0 Å². The molecule has 108 valence electrons. The summed E-state index contributed by atoms with van der Waals surface area (Å²) in [5.41, 5.74) is 0. The number of hydrogen-bond acceptors (Lipinski definition) is 0. The van der Waals surface area contributed by atoms with Crippen molar-refractivity contribution in [1.82, 2.24) is 0 Å². The van der Waals surface area contributed by atoms with Gasteiger partial charge in [-0.05, 0) is 23.8 Å². The highest BCUT2D eigenvalue weighted by atomic mass is 31.1. The number of rotatable bonds is 5. The Balaban J connectivity index is 1.83. The summed E-state index contributed by atoms with van der Waals surface area (Å²) in [5.74, 6) is 4.73. The summed E-state index contributed by atoms with van der Waals surface area (Å²) < 4.78 is 0. The largest absolute Gasteiger partial charge is 0.0669 e. The zero-order chi connectivity index (χ0) is 15.0. The second-order valence-corrected chi connectivity index (χ2v) is 8.14. The maximum Gasteiger partial charge on any atom is -0.0157 e. The number of hydrogen-bond donors (Lipinski definition) is 0. The van der Waals surface area contributed by atoms with Gasteiger partial charge in [0.25, 0.3) is 0 Å². The van der Waals surface area contributed by atoms with Crippen LogP contribution in [0.5, 0.6) is 0 Å². The first-order chi connectivity index (χ1) is 10.9. The van der Waals surface area contributed by atoms with E-state index in [0.717, 1.165) is 8.58 Å². The van der Waals surface area contributed by atoms with Crippen molar-refractivity contribution in [2.75, 3.05) is 0 Å². The van der Waals surface area contributed by atoms with Crippen molar-refractivity contribution in [2.24, 2.45) is 0 Å². The molecule has 0 saturated carbocycles. The molecule has 0 N–H and O–H groups in total. The normalized spacial score (nSPS) is 11.7. The molecule has 0 saturated heterocycles. The summed E-state index contributed by atoms with van der Waals surface area (Å²) >= 11 is 0. The SMILES string of the molecule is C(=C/P(c1ccccc1)c1ccccc1)/Pc1ccccc1. The Kier molecular flexibility index (Phi) is 5.54. The molecule has 0 radical (unpaired) electrons. The van der Waals surface area contributed by atoms with Crippen LogP contribution in [0, 0.1) is 0 Å². The molecule has 3 aromatic carbocycles. The highest BCUT2D eigenvalue weighted by molar-refractivity contribution is 7.76. The van der Waals surface area contributed by atoms with Gasteiger partial charge < -0.3 is 0 Å². The van der Waals surface area contributed by atoms with Crippen LogP contribution in [0.25, 0.3) is 0 Å². The van der Waals surface area contributed by atoms with Crippen LogP contribution in [-0.2, 0) is 0 Å². The topological polar surface area (TPSA) is 0 Å². The van der Waals surface area contributed by atoms with E-state index in [0.29, 0.717) is 0 Å².